The molecular weight excluding hydrogens is 216 g/mol. The second-order valence-corrected chi connectivity index (χ2v) is 3.89. The van der Waals surface area contributed by atoms with E-state index in [-0.39, 0.29) is 5.97 Å². The first-order valence-electron chi connectivity index (χ1n) is 6.05. The molecule has 3 nitrogen and oxygen atoms in total. The number of carbonyl (C=O) groups is 1. The van der Waals surface area contributed by atoms with Gasteiger partial charge in [-0.1, -0.05) is 25.1 Å². The molecule has 0 N–H and O–H groups in total. The SMILES string of the molecule is CCCC(=O)OCCCc1ccccc1OC. The molecule has 0 saturated carbocycles. The molecular formula is C14H20O3. The monoisotopic (exact) mass is 236 g/mol. The van der Waals surface area contributed by atoms with Crippen molar-refractivity contribution in [1.82, 2.24) is 0 Å². The minimum atomic E-state index is -0.104. The van der Waals surface area contributed by atoms with Crippen LogP contribution in [-0.2, 0) is 16.0 Å². The van der Waals surface area contributed by atoms with E-state index in [0.29, 0.717) is 13.0 Å². The van der Waals surface area contributed by atoms with Gasteiger partial charge in [-0.15, -0.1) is 0 Å². The smallest absolute Gasteiger partial charge is 0.305 e. The van der Waals surface area contributed by atoms with Gasteiger partial charge >= 0.3 is 5.97 Å². The van der Waals surface area contributed by atoms with Gasteiger partial charge in [-0.2, -0.15) is 0 Å². The number of carbonyl (C=O) groups excluding carboxylic acids is 1. The second kappa shape index (κ2) is 7.71. The zero-order valence-corrected chi connectivity index (χ0v) is 10.6. The molecule has 0 amide bonds. The van der Waals surface area contributed by atoms with Crippen molar-refractivity contribution in [3.8, 4) is 5.75 Å². The normalized spacial score (nSPS) is 10.0. The van der Waals surface area contributed by atoms with Crippen molar-refractivity contribution in [2.24, 2.45) is 0 Å². The number of benzene rings is 1. The predicted octanol–water partition coefficient (Wildman–Crippen LogP) is 2.97. The summed E-state index contributed by atoms with van der Waals surface area (Å²) in [5.41, 5.74) is 1.15. The highest BCUT2D eigenvalue weighted by Gasteiger charge is 2.03. The summed E-state index contributed by atoms with van der Waals surface area (Å²) < 4.78 is 10.4. The van der Waals surface area contributed by atoms with Crippen molar-refractivity contribution in [2.45, 2.75) is 32.6 Å². The molecule has 94 valence electrons. The molecule has 0 radical (unpaired) electrons. The van der Waals surface area contributed by atoms with Gasteiger partial charge in [0.1, 0.15) is 5.75 Å². The lowest BCUT2D eigenvalue weighted by Gasteiger charge is -2.08. The number of hydrogen-bond donors (Lipinski definition) is 0. The van der Waals surface area contributed by atoms with Crippen molar-refractivity contribution in [3.63, 3.8) is 0 Å². The first-order valence-corrected chi connectivity index (χ1v) is 6.05. The second-order valence-electron chi connectivity index (χ2n) is 3.89. The Balaban J connectivity index is 2.28. The third-order valence-electron chi connectivity index (χ3n) is 2.50. The fourth-order valence-corrected chi connectivity index (χ4v) is 1.63. The Kier molecular flexibility index (Phi) is 6.15. The Labute approximate surface area is 103 Å². The molecule has 3 heteroatoms. The molecule has 0 aliphatic carbocycles. The number of ether oxygens (including phenoxy) is 2. The lowest BCUT2D eigenvalue weighted by Crippen LogP contribution is -2.06. The third-order valence-corrected chi connectivity index (χ3v) is 2.50. The number of para-hydroxylation sites is 1. The van der Waals surface area contributed by atoms with Gasteiger partial charge in [-0.3, -0.25) is 4.79 Å². The fourth-order valence-electron chi connectivity index (χ4n) is 1.63. The molecule has 0 atom stereocenters. The lowest BCUT2D eigenvalue weighted by molar-refractivity contribution is -0.143. The van der Waals surface area contributed by atoms with Crippen molar-refractivity contribution in [2.75, 3.05) is 13.7 Å². The Bertz CT molecular complexity index is 347. The van der Waals surface area contributed by atoms with E-state index in [0.717, 1.165) is 30.6 Å². The summed E-state index contributed by atoms with van der Waals surface area (Å²) in [5.74, 6) is 0.792. The average molecular weight is 236 g/mol. The van der Waals surface area contributed by atoms with Gasteiger partial charge in [0.2, 0.25) is 0 Å². The molecule has 0 saturated heterocycles. The summed E-state index contributed by atoms with van der Waals surface area (Å²) in [7, 11) is 1.67. The van der Waals surface area contributed by atoms with E-state index in [1.54, 1.807) is 7.11 Å². The molecule has 1 aromatic rings. The van der Waals surface area contributed by atoms with Crippen molar-refractivity contribution in [1.29, 1.82) is 0 Å². The van der Waals surface area contributed by atoms with Crippen LogP contribution in [-0.4, -0.2) is 19.7 Å². The molecule has 1 rings (SSSR count). The zero-order chi connectivity index (χ0) is 12.5. The highest BCUT2D eigenvalue weighted by Crippen LogP contribution is 2.18. The topological polar surface area (TPSA) is 35.5 Å². The van der Waals surface area contributed by atoms with Crippen molar-refractivity contribution < 1.29 is 14.3 Å². The third kappa shape index (κ3) is 4.89. The first kappa shape index (κ1) is 13.6. The van der Waals surface area contributed by atoms with Gasteiger partial charge in [0.15, 0.2) is 0 Å². The molecule has 0 aromatic heterocycles. The van der Waals surface area contributed by atoms with E-state index in [2.05, 4.69) is 0 Å². The minimum Gasteiger partial charge on any atom is -0.496 e. The Hall–Kier alpha value is -1.51. The molecule has 0 aliphatic rings. The zero-order valence-electron chi connectivity index (χ0n) is 10.6. The summed E-state index contributed by atoms with van der Waals surface area (Å²) in [6.45, 7) is 2.45. The maximum Gasteiger partial charge on any atom is 0.305 e. The predicted molar refractivity (Wildman–Crippen MR) is 67.2 cm³/mol. The van der Waals surface area contributed by atoms with E-state index >= 15 is 0 Å². The van der Waals surface area contributed by atoms with Crippen LogP contribution in [0.25, 0.3) is 0 Å². The molecule has 0 spiro atoms. The summed E-state index contributed by atoms with van der Waals surface area (Å²) in [5, 5.41) is 0. The quantitative estimate of drug-likeness (QED) is 0.539. The van der Waals surface area contributed by atoms with Gasteiger partial charge in [-0.25, -0.2) is 0 Å². The molecule has 0 heterocycles. The summed E-state index contributed by atoms with van der Waals surface area (Å²) in [6, 6.07) is 7.91. The van der Waals surface area contributed by atoms with Crippen LogP contribution in [0.15, 0.2) is 24.3 Å². The fraction of sp³-hybridized carbons (Fsp3) is 0.500. The van der Waals surface area contributed by atoms with Gasteiger partial charge in [0, 0.05) is 6.42 Å². The minimum absolute atomic E-state index is 0.104. The number of rotatable bonds is 7. The molecule has 0 aliphatic heterocycles. The number of aryl methyl sites for hydroxylation is 1. The highest BCUT2D eigenvalue weighted by molar-refractivity contribution is 5.69. The van der Waals surface area contributed by atoms with Crippen LogP contribution in [0.3, 0.4) is 0 Å². The van der Waals surface area contributed by atoms with E-state index in [4.69, 9.17) is 9.47 Å². The summed E-state index contributed by atoms with van der Waals surface area (Å²) in [6.07, 6.45) is 3.04. The van der Waals surface area contributed by atoms with Gasteiger partial charge < -0.3 is 9.47 Å². The van der Waals surface area contributed by atoms with Crippen molar-refractivity contribution >= 4 is 5.97 Å². The maximum atomic E-state index is 11.1. The van der Waals surface area contributed by atoms with E-state index in [1.807, 2.05) is 31.2 Å². The van der Waals surface area contributed by atoms with Crippen LogP contribution in [0.4, 0.5) is 0 Å². The molecule has 1 aromatic carbocycles. The standard InChI is InChI=1S/C14H20O3/c1-3-7-14(15)17-11-6-9-12-8-4-5-10-13(12)16-2/h4-5,8,10H,3,6-7,9,11H2,1-2H3. The van der Waals surface area contributed by atoms with Gasteiger partial charge in [-0.05, 0) is 30.9 Å². The van der Waals surface area contributed by atoms with Crippen molar-refractivity contribution in [3.05, 3.63) is 29.8 Å². The molecule has 0 unspecified atom stereocenters. The number of esters is 1. The van der Waals surface area contributed by atoms with E-state index in [9.17, 15) is 4.79 Å². The molecule has 0 bridgehead atoms. The lowest BCUT2D eigenvalue weighted by atomic mass is 10.1. The first-order chi connectivity index (χ1) is 8.27. The van der Waals surface area contributed by atoms with Crippen LogP contribution in [0, 0.1) is 0 Å². The largest absolute Gasteiger partial charge is 0.496 e. The summed E-state index contributed by atoms with van der Waals surface area (Å²) in [4.78, 5) is 11.1. The van der Waals surface area contributed by atoms with Gasteiger partial charge in [0.05, 0.1) is 13.7 Å². The maximum absolute atomic E-state index is 11.1. The van der Waals surface area contributed by atoms with Crippen LogP contribution in [0.2, 0.25) is 0 Å². The number of hydrogen-bond acceptors (Lipinski definition) is 3. The highest BCUT2D eigenvalue weighted by atomic mass is 16.5. The van der Waals surface area contributed by atoms with Gasteiger partial charge in [0.25, 0.3) is 0 Å². The summed E-state index contributed by atoms with van der Waals surface area (Å²) >= 11 is 0. The van der Waals surface area contributed by atoms with Crippen LogP contribution in [0.5, 0.6) is 5.75 Å². The van der Waals surface area contributed by atoms with Crippen LogP contribution in [0.1, 0.15) is 31.7 Å². The van der Waals surface area contributed by atoms with E-state index in [1.165, 1.54) is 0 Å². The Morgan fingerprint density at radius 2 is 2.06 bits per heavy atom. The van der Waals surface area contributed by atoms with Crippen LogP contribution >= 0.6 is 0 Å². The molecule has 0 fully saturated rings. The van der Waals surface area contributed by atoms with Crippen LogP contribution < -0.4 is 4.74 Å². The Morgan fingerprint density at radius 1 is 1.29 bits per heavy atom. The Morgan fingerprint density at radius 3 is 2.76 bits per heavy atom. The van der Waals surface area contributed by atoms with E-state index < -0.39 is 0 Å². The number of methoxy groups -OCH3 is 1. The molecule has 17 heavy (non-hydrogen) atoms. The average Bonchev–Trinajstić information content (AvgIpc) is 2.35.